The summed E-state index contributed by atoms with van der Waals surface area (Å²) in [4.78, 5) is 12.1. The number of hydrogen-bond donors (Lipinski definition) is 1. The molecule has 0 saturated heterocycles. The van der Waals surface area contributed by atoms with Crippen molar-refractivity contribution in [1.82, 2.24) is 10.2 Å². The van der Waals surface area contributed by atoms with E-state index in [1.54, 1.807) is 26.4 Å². The summed E-state index contributed by atoms with van der Waals surface area (Å²) in [6.07, 6.45) is 6.32. The van der Waals surface area contributed by atoms with Crippen LogP contribution in [-0.2, 0) is 0 Å². The molecule has 0 radical (unpaired) electrons. The highest BCUT2D eigenvalue weighted by Crippen LogP contribution is 1.75. The van der Waals surface area contributed by atoms with E-state index >= 15 is 0 Å². The molecule has 0 aromatic heterocycles. The van der Waals surface area contributed by atoms with Crippen LogP contribution in [0, 0.1) is 0 Å². The molecule has 0 aromatic rings. The van der Waals surface area contributed by atoms with Crippen molar-refractivity contribution in [2.45, 2.75) is 48.0 Å². The van der Waals surface area contributed by atoms with E-state index in [-0.39, 0.29) is 6.03 Å². The van der Waals surface area contributed by atoms with Gasteiger partial charge in [0.25, 0.3) is 0 Å². The Labute approximate surface area is 109 Å². The van der Waals surface area contributed by atoms with E-state index in [0.29, 0.717) is 0 Å². The number of nitrogens with zero attached hydrogens (tertiary/aromatic N) is 1. The van der Waals surface area contributed by atoms with Gasteiger partial charge in [-0.15, -0.1) is 6.58 Å². The van der Waals surface area contributed by atoms with E-state index in [0.717, 1.165) is 6.42 Å². The molecule has 0 atom stereocenters. The van der Waals surface area contributed by atoms with Crippen molar-refractivity contribution in [3.05, 3.63) is 24.9 Å². The number of nitrogens with one attached hydrogen (secondary N) is 1. The Morgan fingerprint density at radius 3 is 1.76 bits per heavy atom. The van der Waals surface area contributed by atoms with E-state index in [9.17, 15) is 4.79 Å². The monoisotopic (exact) mass is 244 g/mol. The van der Waals surface area contributed by atoms with Gasteiger partial charge in [0.05, 0.1) is 0 Å². The maximum Gasteiger partial charge on any atom is 0.320 e. The van der Waals surface area contributed by atoms with Crippen LogP contribution in [0.5, 0.6) is 0 Å². The maximum absolute atomic E-state index is 10.7. The molecule has 1 N–H and O–H groups in total. The van der Waals surface area contributed by atoms with Crippen molar-refractivity contribution >= 4 is 6.03 Å². The topological polar surface area (TPSA) is 32.3 Å². The molecule has 0 aliphatic rings. The second kappa shape index (κ2) is 29.3. The standard InChI is InChI=1S/C6H12N2O.C4H8.2C2H6/c1-4-5-7-6(9)8(2)3;1-3-4-2;2*1-2/h4-5H,1-3H3,(H,7,9);3H,1,4H2,2H3;2*1-2H3/b5-4+;;;. The number of urea groups is 1. The lowest BCUT2D eigenvalue weighted by Gasteiger charge is -2.07. The molecule has 104 valence electrons. The van der Waals surface area contributed by atoms with E-state index in [2.05, 4.69) is 18.8 Å². The first-order valence-corrected chi connectivity index (χ1v) is 6.30. The molecule has 3 heteroatoms. The zero-order chi connectivity index (χ0) is 14.7. The minimum Gasteiger partial charge on any atom is -0.331 e. The normalized spacial score (nSPS) is 7.29. The van der Waals surface area contributed by atoms with Crippen LogP contribution in [0.25, 0.3) is 0 Å². The molecule has 3 nitrogen and oxygen atoms in total. The van der Waals surface area contributed by atoms with E-state index in [1.165, 1.54) is 4.90 Å². The van der Waals surface area contributed by atoms with E-state index in [4.69, 9.17) is 0 Å². The predicted octanol–water partition coefficient (Wildman–Crippen LogP) is 4.43. The van der Waals surface area contributed by atoms with Gasteiger partial charge in [0, 0.05) is 20.3 Å². The Balaban J connectivity index is -0.0000000887. The van der Waals surface area contributed by atoms with Gasteiger partial charge in [0.1, 0.15) is 0 Å². The maximum atomic E-state index is 10.7. The Hall–Kier alpha value is -1.25. The van der Waals surface area contributed by atoms with Crippen LogP contribution >= 0.6 is 0 Å². The summed E-state index contributed by atoms with van der Waals surface area (Å²) in [5.41, 5.74) is 0. The van der Waals surface area contributed by atoms with Gasteiger partial charge in [-0.3, -0.25) is 0 Å². The van der Waals surface area contributed by atoms with Crippen molar-refractivity contribution in [2.24, 2.45) is 0 Å². The largest absolute Gasteiger partial charge is 0.331 e. The lowest BCUT2D eigenvalue weighted by atomic mass is 10.5. The zero-order valence-corrected chi connectivity index (χ0v) is 13.0. The first kappa shape index (κ1) is 24.8. The second-order valence-corrected chi connectivity index (χ2v) is 2.54. The number of carbonyl (C=O) groups is 1. The Kier molecular flexibility index (Phi) is 42.8. The molecular formula is C14H32N2O. The molecule has 0 unspecified atom stereocenters. The first-order valence-electron chi connectivity index (χ1n) is 6.30. The molecule has 0 spiro atoms. The van der Waals surface area contributed by atoms with Crippen molar-refractivity contribution in [3.63, 3.8) is 0 Å². The first-order chi connectivity index (χ1) is 8.09. The summed E-state index contributed by atoms with van der Waals surface area (Å²) in [6, 6.07) is -0.104. The molecule has 0 saturated carbocycles. The van der Waals surface area contributed by atoms with Crippen LogP contribution < -0.4 is 5.32 Å². The van der Waals surface area contributed by atoms with Crippen molar-refractivity contribution < 1.29 is 4.79 Å². The van der Waals surface area contributed by atoms with Gasteiger partial charge in [-0.05, 0) is 13.3 Å². The third-order valence-corrected chi connectivity index (χ3v) is 1.07. The number of carbonyl (C=O) groups excluding carboxylic acids is 1. The summed E-state index contributed by atoms with van der Waals surface area (Å²) in [6.45, 7) is 15.4. The molecule has 0 aliphatic carbocycles. The summed E-state index contributed by atoms with van der Waals surface area (Å²) in [5.74, 6) is 0. The molecule has 0 rings (SSSR count). The smallest absolute Gasteiger partial charge is 0.320 e. The third-order valence-electron chi connectivity index (χ3n) is 1.07. The fourth-order valence-corrected chi connectivity index (χ4v) is 0.284. The quantitative estimate of drug-likeness (QED) is 0.716. The number of allylic oxidation sites excluding steroid dienone is 2. The predicted molar refractivity (Wildman–Crippen MR) is 80.2 cm³/mol. The van der Waals surface area contributed by atoms with Crippen LogP contribution in [0.15, 0.2) is 24.9 Å². The molecule has 0 fully saturated rings. The fourth-order valence-electron chi connectivity index (χ4n) is 0.284. The minimum atomic E-state index is -0.104. The second-order valence-electron chi connectivity index (χ2n) is 2.54. The van der Waals surface area contributed by atoms with Crippen LogP contribution in [-0.4, -0.2) is 25.0 Å². The van der Waals surface area contributed by atoms with Crippen molar-refractivity contribution in [3.8, 4) is 0 Å². The van der Waals surface area contributed by atoms with Gasteiger partial charge in [0.15, 0.2) is 0 Å². The molecule has 2 amide bonds. The van der Waals surface area contributed by atoms with Crippen LogP contribution in [0.4, 0.5) is 4.79 Å². The van der Waals surface area contributed by atoms with E-state index < -0.39 is 0 Å². The number of amides is 2. The van der Waals surface area contributed by atoms with Gasteiger partial charge < -0.3 is 10.2 Å². The third kappa shape index (κ3) is 39.9. The molecule has 0 aliphatic heterocycles. The molecular weight excluding hydrogens is 212 g/mol. The minimum absolute atomic E-state index is 0.104. The Morgan fingerprint density at radius 1 is 1.24 bits per heavy atom. The highest BCUT2D eigenvalue weighted by molar-refractivity contribution is 5.74. The lowest BCUT2D eigenvalue weighted by molar-refractivity contribution is 0.221. The average Bonchev–Trinajstić information content (AvgIpc) is 2.40. The summed E-state index contributed by atoms with van der Waals surface area (Å²) in [5, 5.41) is 2.54. The molecule has 17 heavy (non-hydrogen) atoms. The average molecular weight is 244 g/mol. The molecule has 0 aromatic carbocycles. The van der Waals surface area contributed by atoms with Crippen LogP contribution in [0.2, 0.25) is 0 Å². The molecule has 0 heterocycles. The fraction of sp³-hybridized carbons (Fsp3) is 0.643. The van der Waals surface area contributed by atoms with Gasteiger partial charge in [-0.1, -0.05) is 46.8 Å². The highest BCUT2D eigenvalue weighted by atomic mass is 16.2. The highest BCUT2D eigenvalue weighted by Gasteiger charge is 1.96. The van der Waals surface area contributed by atoms with Crippen LogP contribution in [0.1, 0.15) is 48.0 Å². The zero-order valence-electron chi connectivity index (χ0n) is 13.0. The SMILES string of the molecule is C/C=C/NC(=O)N(C)C.C=CCC.CC.CC. The van der Waals surface area contributed by atoms with Gasteiger partial charge >= 0.3 is 6.03 Å². The number of hydrogen-bond acceptors (Lipinski definition) is 1. The Morgan fingerprint density at radius 2 is 1.59 bits per heavy atom. The van der Waals surface area contributed by atoms with Gasteiger partial charge in [0.2, 0.25) is 0 Å². The van der Waals surface area contributed by atoms with Gasteiger partial charge in [-0.25, -0.2) is 4.79 Å². The summed E-state index contributed by atoms with van der Waals surface area (Å²) in [7, 11) is 3.39. The lowest BCUT2D eigenvalue weighted by Crippen LogP contribution is -2.30. The van der Waals surface area contributed by atoms with E-state index in [1.807, 2.05) is 40.7 Å². The summed E-state index contributed by atoms with van der Waals surface area (Å²) < 4.78 is 0. The molecule has 0 bridgehead atoms. The van der Waals surface area contributed by atoms with Crippen LogP contribution in [0.3, 0.4) is 0 Å². The summed E-state index contributed by atoms with van der Waals surface area (Å²) >= 11 is 0. The van der Waals surface area contributed by atoms with Crippen molar-refractivity contribution in [1.29, 1.82) is 0 Å². The Bertz CT molecular complexity index is 164. The van der Waals surface area contributed by atoms with Crippen molar-refractivity contribution in [2.75, 3.05) is 14.1 Å². The van der Waals surface area contributed by atoms with Gasteiger partial charge in [-0.2, -0.15) is 0 Å². The number of rotatable bonds is 2.